The molecule has 34 heavy (non-hydrogen) atoms. The Bertz CT molecular complexity index is 1220. The number of cyclic esters (lactones) is 1. The summed E-state index contributed by atoms with van der Waals surface area (Å²) >= 11 is 0. The number of carbonyl (C=O) groups excluding carboxylic acids is 1. The lowest BCUT2D eigenvalue weighted by Crippen LogP contribution is -2.42. The number of halogens is 7. The maximum Gasteiger partial charge on any atom is 0.430 e. The highest BCUT2D eigenvalue weighted by molar-refractivity contribution is 7.91. The maximum atomic E-state index is 14.1. The van der Waals surface area contributed by atoms with Crippen LogP contribution in [0, 0.1) is 30.2 Å². The van der Waals surface area contributed by atoms with Gasteiger partial charge in [0.2, 0.25) is 16.1 Å². The number of sulfonamides is 1. The summed E-state index contributed by atoms with van der Waals surface area (Å²) < 4.78 is 127. The van der Waals surface area contributed by atoms with E-state index in [-0.39, 0.29) is 12.2 Å². The van der Waals surface area contributed by atoms with Crippen molar-refractivity contribution in [2.45, 2.75) is 38.3 Å². The predicted molar refractivity (Wildman–Crippen MR) is 107 cm³/mol. The molecule has 1 N–H and O–H groups in total. The summed E-state index contributed by atoms with van der Waals surface area (Å²) in [5.41, 5.74) is -3.60. The Balaban J connectivity index is 1.99. The molecule has 0 spiro atoms. The molecule has 1 aliphatic rings. The average molecular weight is 514 g/mol. The Hall–Kier alpha value is -3.03. The van der Waals surface area contributed by atoms with Gasteiger partial charge >= 0.3 is 12.3 Å². The smallest absolute Gasteiger partial charge is 0.430 e. The Kier molecular flexibility index (Phi) is 6.75. The zero-order valence-corrected chi connectivity index (χ0v) is 18.4. The minimum atomic E-state index is -5.02. The molecule has 0 aromatic heterocycles. The number of hydrogen-bond donors (Lipinski definition) is 1. The van der Waals surface area contributed by atoms with E-state index in [0.29, 0.717) is 6.42 Å². The SMILES string of the molecule is CCCN1C(=O)OC(C(F)(F)F)c2cc(NS(=O)(=O)Cc3c(F)c(F)c(C)c(F)c3F)ccc21. The number of ether oxygens (including phenoxy) is 1. The Labute approximate surface area is 189 Å². The van der Waals surface area contributed by atoms with Gasteiger partial charge in [0.05, 0.1) is 5.69 Å². The van der Waals surface area contributed by atoms with E-state index in [9.17, 15) is 43.9 Å². The highest BCUT2D eigenvalue weighted by Crippen LogP contribution is 2.45. The van der Waals surface area contributed by atoms with Crippen molar-refractivity contribution in [3.05, 3.63) is 58.2 Å². The van der Waals surface area contributed by atoms with Crippen LogP contribution >= 0.6 is 0 Å². The number of benzene rings is 2. The molecule has 0 radical (unpaired) electrons. The quantitative estimate of drug-likeness (QED) is 0.410. The largest absolute Gasteiger partial charge is 0.431 e. The molecule has 1 aliphatic heterocycles. The average Bonchev–Trinajstić information content (AvgIpc) is 2.74. The van der Waals surface area contributed by atoms with E-state index in [2.05, 4.69) is 4.74 Å². The summed E-state index contributed by atoms with van der Waals surface area (Å²) in [4.78, 5) is 13.0. The molecule has 2 aromatic rings. The van der Waals surface area contributed by atoms with Crippen molar-refractivity contribution < 1.29 is 48.7 Å². The molecule has 0 saturated carbocycles. The van der Waals surface area contributed by atoms with Crippen LogP contribution in [0.2, 0.25) is 0 Å². The van der Waals surface area contributed by atoms with Gasteiger partial charge < -0.3 is 4.74 Å². The molecule has 186 valence electrons. The first-order valence-corrected chi connectivity index (χ1v) is 11.3. The van der Waals surface area contributed by atoms with Crippen molar-refractivity contribution in [3.8, 4) is 0 Å². The molecule has 6 nitrogen and oxygen atoms in total. The second-order valence-electron chi connectivity index (χ2n) is 7.45. The van der Waals surface area contributed by atoms with Gasteiger partial charge in [0.15, 0.2) is 23.3 Å². The van der Waals surface area contributed by atoms with Gasteiger partial charge in [0, 0.05) is 28.9 Å². The molecular weight excluding hydrogens is 497 g/mol. The number of fused-ring (bicyclic) bond motifs is 1. The molecule has 0 fully saturated rings. The van der Waals surface area contributed by atoms with Gasteiger partial charge in [0.1, 0.15) is 5.75 Å². The van der Waals surface area contributed by atoms with Crippen molar-refractivity contribution in [3.63, 3.8) is 0 Å². The minimum absolute atomic E-state index is 0.0184. The van der Waals surface area contributed by atoms with Gasteiger partial charge in [-0.25, -0.2) is 30.8 Å². The number of nitrogens with one attached hydrogen (secondary N) is 1. The molecular formula is C20H17F7N2O4S. The second kappa shape index (κ2) is 8.96. The lowest BCUT2D eigenvalue weighted by molar-refractivity contribution is -0.207. The Morgan fingerprint density at radius 2 is 1.65 bits per heavy atom. The zero-order valence-electron chi connectivity index (χ0n) is 17.6. The molecule has 1 atom stereocenters. The third-order valence-corrected chi connectivity index (χ3v) is 6.18. The first kappa shape index (κ1) is 25.6. The van der Waals surface area contributed by atoms with Crippen LogP contribution < -0.4 is 9.62 Å². The van der Waals surface area contributed by atoms with Crippen LogP contribution in [0.15, 0.2) is 18.2 Å². The van der Waals surface area contributed by atoms with Crippen molar-refractivity contribution in [1.29, 1.82) is 0 Å². The summed E-state index contributed by atoms with van der Waals surface area (Å²) in [6, 6.07) is 2.83. The predicted octanol–water partition coefficient (Wildman–Crippen LogP) is 5.46. The first-order chi connectivity index (χ1) is 15.7. The number of nitrogens with zero attached hydrogens (tertiary/aromatic N) is 1. The molecule has 0 saturated heterocycles. The second-order valence-corrected chi connectivity index (χ2v) is 9.17. The van der Waals surface area contributed by atoms with Crippen LogP contribution in [0.5, 0.6) is 0 Å². The van der Waals surface area contributed by atoms with E-state index in [4.69, 9.17) is 0 Å². The van der Waals surface area contributed by atoms with Gasteiger partial charge in [-0.3, -0.25) is 9.62 Å². The molecule has 2 aromatic carbocycles. The van der Waals surface area contributed by atoms with Crippen molar-refractivity contribution in [2.24, 2.45) is 0 Å². The highest BCUT2D eigenvalue weighted by Gasteiger charge is 2.49. The molecule has 3 rings (SSSR count). The Morgan fingerprint density at radius 3 is 2.18 bits per heavy atom. The Morgan fingerprint density at radius 1 is 1.06 bits per heavy atom. The van der Waals surface area contributed by atoms with E-state index >= 15 is 0 Å². The number of amides is 1. The van der Waals surface area contributed by atoms with Gasteiger partial charge in [-0.2, -0.15) is 13.2 Å². The molecule has 0 bridgehead atoms. The van der Waals surface area contributed by atoms with E-state index in [0.717, 1.165) is 30.0 Å². The summed E-state index contributed by atoms with van der Waals surface area (Å²) in [6.45, 7) is 2.44. The maximum absolute atomic E-state index is 14.1. The fourth-order valence-electron chi connectivity index (χ4n) is 3.40. The lowest BCUT2D eigenvalue weighted by Gasteiger charge is -2.34. The van der Waals surface area contributed by atoms with Gasteiger partial charge in [0.25, 0.3) is 0 Å². The van der Waals surface area contributed by atoms with Crippen LogP contribution in [-0.2, 0) is 20.5 Å². The summed E-state index contributed by atoms with van der Waals surface area (Å²) in [5, 5.41) is 0. The van der Waals surface area contributed by atoms with E-state index in [1.807, 2.05) is 4.72 Å². The number of alkyl halides is 3. The lowest BCUT2D eigenvalue weighted by atomic mass is 10.0. The van der Waals surface area contributed by atoms with Crippen LogP contribution in [0.3, 0.4) is 0 Å². The van der Waals surface area contributed by atoms with Gasteiger partial charge in [-0.1, -0.05) is 6.92 Å². The van der Waals surface area contributed by atoms with E-state index < -0.39 is 79.8 Å². The van der Waals surface area contributed by atoms with E-state index in [1.165, 1.54) is 0 Å². The third-order valence-electron chi connectivity index (χ3n) is 4.97. The monoisotopic (exact) mass is 514 g/mol. The summed E-state index contributed by atoms with van der Waals surface area (Å²) in [6.07, 6.45) is -8.58. The molecule has 0 aliphatic carbocycles. The van der Waals surface area contributed by atoms with Gasteiger partial charge in [-0.05, 0) is 31.5 Å². The number of carbonyl (C=O) groups is 1. The molecule has 1 heterocycles. The third kappa shape index (κ3) is 4.76. The summed E-state index contributed by atoms with van der Waals surface area (Å²) in [5.74, 6) is -8.92. The molecule has 1 amide bonds. The van der Waals surface area contributed by atoms with Crippen LogP contribution in [0.25, 0.3) is 0 Å². The number of rotatable bonds is 6. The number of anilines is 2. The van der Waals surface area contributed by atoms with Crippen LogP contribution in [0.1, 0.15) is 36.1 Å². The van der Waals surface area contributed by atoms with Crippen LogP contribution in [-0.4, -0.2) is 27.2 Å². The normalized spacial score (nSPS) is 16.3. The fraction of sp³-hybridized carbons (Fsp3) is 0.350. The van der Waals surface area contributed by atoms with Gasteiger partial charge in [-0.15, -0.1) is 0 Å². The van der Waals surface area contributed by atoms with Crippen molar-refractivity contribution in [2.75, 3.05) is 16.2 Å². The zero-order chi connectivity index (χ0) is 25.6. The first-order valence-electron chi connectivity index (χ1n) is 9.68. The fourth-order valence-corrected chi connectivity index (χ4v) is 4.59. The van der Waals surface area contributed by atoms with E-state index in [1.54, 1.807) is 6.92 Å². The topological polar surface area (TPSA) is 75.7 Å². The van der Waals surface area contributed by atoms with Crippen molar-refractivity contribution in [1.82, 2.24) is 0 Å². The molecule has 14 heteroatoms. The van der Waals surface area contributed by atoms with Crippen molar-refractivity contribution >= 4 is 27.5 Å². The van der Waals surface area contributed by atoms with Crippen LogP contribution in [0.4, 0.5) is 46.9 Å². The summed E-state index contributed by atoms with van der Waals surface area (Å²) in [7, 11) is -4.76. The standard InChI is InChI=1S/C20H17F7N2O4S/c1-3-6-29-13-5-4-10(7-11(13)18(20(25,26)27)33-19(29)30)28-34(31,32)8-12-16(23)14(21)9(2)15(22)17(12)24/h4-5,7,18,28H,3,6,8H2,1-2H3. The molecule has 1 unspecified atom stereocenters. The number of hydrogen-bond acceptors (Lipinski definition) is 4. The minimum Gasteiger partial charge on any atom is -0.431 e. The highest BCUT2D eigenvalue weighted by atomic mass is 32.2.